The Morgan fingerprint density at radius 3 is 2.43 bits per heavy atom. The smallest absolute Gasteiger partial charge is 0.240 e. The van der Waals surface area contributed by atoms with Gasteiger partial charge in [0.25, 0.3) is 0 Å². The maximum atomic E-state index is 12.9. The van der Waals surface area contributed by atoms with Gasteiger partial charge in [0.1, 0.15) is 0 Å². The van der Waals surface area contributed by atoms with Gasteiger partial charge in [0.2, 0.25) is 10.0 Å². The molecule has 0 unspecified atom stereocenters. The van der Waals surface area contributed by atoms with E-state index in [-0.39, 0.29) is 17.0 Å². The van der Waals surface area contributed by atoms with Crippen LogP contribution in [0.1, 0.15) is 22.7 Å². The molecule has 0 fully saturated rings. The van der Waals surface area contributed by atoms with E-state index in [4.69, 9.17) is 0 Å². The van der Waals surface area contributed by atoms with Gasteiger partial charge in [-0.2, -0.15) is 0 Å². The van der Waals surface area contributed by atoms with Crippen molar-refractivity contribution in [3.05, 3.63) is 94.0 Å². The van der Waals surface area contributed by atoms with E-state index >= 15 is 0 Å². The summed E-state index contributed by atoms with van der Waals surface area (Å²) in [5, 5.41) is 3.54. The average Bonchev–Trinajstić information content (AvgIpc) is 3.02. The average molecular weight is 457 g/mol. The number of sulfonamides is 1. The molecule has 0 amide bonds. The Kier molecular flexibility index (Phi) is 5.27. The Labute approximate surface area is 174 Å². The second-order valence-electron chi connectivity index (χ2n) is 7.03. The minimum Gasteiger partial charge on any atom is -0.377 e. The van der Waals surface area contributed by atoms with Crippen molar-refractivity contribution in [3.8, 4) is 0 Å². The van der Waals surface area contributed by atoms with Gasteiger partial charge in [-0.1, -0.05) is 58.4 Å². The molecule has 28 heavy (non-hydrogen) atoms. The van der Waals surface area contributed by atoms with Gasteiger partial charge in [-0.25, -0.2) is 13.1 Å². The van der Waals surface area contributed by atoms with E-state index in [2.05, 4.69) is 44.2 Å². The van der Waals surface area contributed by atoms with Crippen molar-refractivity contribution >= 4 is 31.6 Å². The third kappa shape index (κ3) is 3.85. The molecule has 3 aromatic rings. The molecule has 3 aromatic carbocycles. The van der Waals surface area contributed by atoms with Gasteiger partial charge in [-0.3, -0.25) is 0 Å². The summed E-state index contributed by atoms with van der Waals surface area (Å²) >= 11 is 3.53. The van der Waals surface area contributed by atoms with Crippen LogP contribution < -0.4 is 10.0 Å². The van der Waals surface area contributed by atoms with Crippen molar-refractivity contribution in [3.63, 3.8) is 0 Å². The molecule has 0 heterocycles. The molecule has 0 saturated carbocycles. The first kappa shape index (κ1) is 19.2. The largest absolute Gasteiger partial charge is 0.377 e. The minimum absolute atomic E-state index is 0.143. The molecular weight excluding hydrogens is 436 g/mol. The van der Waals surface area contributed by atoms with Crippen LogP contribution in [0.2, 0.25) is 0 Å². The quantitative estimate of drug-likeness (QED) is 0.578. The number of fused-ring (bicyclic) bond motifs is 1. The second-order valence-corrected chi connectivity index (χ2v) is 9.60. The maximum absolute atomic E-state index is 12.9. The van der Waals surface area contributed by atoms with Crippen molar-refractivity contribution in [1.82, 2.24) is 4.72 Å². The lowest BCUT2D eigenvalue weighted by Gasteiger charge is -2.24. The summed E-state index contributed by atoms with van der Waals surface area (Å²) in [4.78, 5) is 0.282. The van der Waals surface area contributed by atoms with Gasteiger partial charge >= 0.3 is 0 Å². The van der Waals surface area contributed by atoms with Crippen molar-refractivity contribution < 1.29 is 8.42 Å². The lowest BCUT2D eigenvalue weighted by molar-refractivity contribution is 0.529. The molecule has 0 saturated heterocycles. The number of rotatable bonds is 5. The number of anilines is 1. The summed E-state index contributed by atoms with van der Waals surface area (Å²) in [6.07, 6.45) is 0.648. The summed E-state index contributed by atoms with van der Waals surface area (Å²) in [6, 6.07) is 22.3. The Morgan fingerprint density at radius 1 is 0.964 bits per heavy atom. The van der Waals surface area contributed by atoms with Crippen LogP contribution in [-0.2, 0) is 16.4 Å². The molecule has 0 aromatic heterocycles. The molecule has 2 N–H and O–H groups in total. The number of hydrogen-bond acceptors (Lipinski definition) is 3. The lowest BCUT2D eigenvalue weighted by Crippen LogP contribution is -2.40. The predicted molar refractivity (Wildman–Crippen MR) is 116 cm³/mol. The molecule has 6 heteroatoms. The highest BCUT2D eigenvalue weighted by atomic mass is 79.9. The van der Waals surface area contributed by atoms with Crippen LogP contribution in [0.15, 0.2) is 82.2 Å². The van der Waals surface area contributed by atoms with E-state index in [0.29, 0.717) is 6.42 Å². The van der Waals surface area contributed by atoms with E-state index < -0.39 is 10.0 Å². The van der Waals surface area contributed by atoms with Crippen LogP contribution in [0.3, 0.4) is 0 Å². The van der Waals surface area contributed by atoms with Crippen LogP contribution in [-0.4, -0.2) is 14.5 Å². The first-order valence-corrected chi connectivity index (χ1v) is 11.4. The zero-order valence-electron chi connectivity index (χ0n) is 15.4. The van der Waals surface area contributed by atoms with E-state index in [1.54, 1.807) is 24.3 Å². The zero-order valence-corrected chi connectivity index (χ0v) is 17.8. The van der Waals surface area contributed by atoms with Crippen molar-refractivity contribution in [2.24, 2.45) is 0 Å². The Balaban J connectivity index is 1.65. The molecule has 4 nitrogen and oxygen atoms in total. The number of aryl methyl sites for hydroxylation is 1. The first-order valence-electron chi connectivity index (χ1n) is 9.12. The molecule has 4 rings (SSSR count). The SMILES string of the molecule is Cc1cc(N[C@H]2c3ccccc3C[C@H]2NS(=O)(=O)c2ccccc2)ccc1Br. The first-order chi connectivity index (χ1) is 13.4. The molecule has 1 aliphatic rings. The van der Waals surface area contributed by atoms with Crippen LogP contribution in [0.4, 0.5) is 5.69 Å². The molecule has 0 aliphatic heterocycles. The van der Waals surface area contributed by atoms with Crippen LogP contribution in [0.5, 0.6) is 0 Å². The third-order valence-electron chi connectivity index (χ3n) is 5.07. The summed E-state index contributed by atoms with van der Waals surface area (Å²) in [5.41, 5.74) is 4.38. The molecule has 144 valence electrons. The maximum Gasteiger partial charge on any atom is 0.240 e. The standard InChI is InChI=1S/C22H21BrN2O2S/c1-15-13-17(11-12-20(15)23)24-22-19-10-6-5-7-16(19)14-21(22)25-28(26,27)18-8-3-2-4-9-18/h2-13,21-22,24-25H,14H2,1H3/t21-,22+/m1/s1. The highest BCUT2D eigenvalue weighted by Gasteiger charge is 2.35. The Hall–Kier alpha value is -2.15. The number of benzene rings is 3. The zero-order chi connectivity index (χ0) is 19.7. The predicted octanol–water partition coefficient (Wildman–Crippen LogP) is 4.81. The molecule has 1 aliphatic carbocycles. The molecule has 0 radical (unpaired) electrons. The summed E-state index contributed by atoms with van der Waals surface area (Å²) in [7, 11) is -3.60. The fourth-order valence-electron chi connectivity index (χ4n) is 3.66. The van der Waals surface area contributed by atoms with E-state index in [9.17, 15) is 8.42 Å². The van der Waals surface area contributed by atoms with Crippen LogP contribution in [0, 0.1) is 6.92 Å². The van der Waals surface area contributed by atoms with Crippen molar-refractivity contribution in [2.75, 3.05) is 5.32 Å². The summed E-state index contributed by atoms with van der Waals surface area (Å²) in [6.45, 7) is 2.04. The molecular formula is C22H21BrN2O2S. The highest BCUT2D eigenvalue weighted by Crippen LogP contribution is 2.35. The van der Waals surface area contributed by atoms with E-state index in [1.165, 1.54) is 0 Å². The van der Waals surface area contributed by atoms with Crippen molar-refractivity contribution in [2.45, 2.75) is 30.3 Å². The molecule has 2 atom stereocenters. The van der Waals surface area contributed by atoms with E-state index in [1.807, 2.05) is 37.3 Å². The van der Waals surface area contributed by atoms with Gasteiger partial charge in [0.05, 0.1) is 17.0 Å². The highest BCUT2D eigenvalue weighted by molar-refractivity contribution is 9.10. The Bertz CT molecular complexity index is 1100. The minimum atomic E-state index is -3.60. The van der Waals surface area contributed by atoms with Gasteiger partial charge in [0.15, 0.2) is 0 Å². The molecule has 0 bridgehead atoms. The molecule has 0 spiro atoms. The summed E-state index contributed by atoms with van der Waals surface area (Å²) < 4.78 is 29.7. The van der Waals surface area contributed by atoms with Crippen LogP contribution >= 0.6 is 15.9 Å². The second kappa shape index (κ2) is 7.70. The number of nitrogens with one attached hydrogen (secondary N) is 2. The van der Waals surface area contributed by atoms with Crippen molar-refractivity contribution in [1.29, 1.82) is 0 Å². The summed E-state index contributed by atoms with van der Waals surface area (Å²) in [5.74, 6) is 0. The Morgan fingerprint density at radius 2 is 1.68 bits per heavy atom. The van der Waals surface area contributed by atoms with Crippen LogP contribution in [0.25, 0.3) is 0 Å². The third-order valence-corrected chi connectivity index (χ3v) is 7.47. The fraction of sp³-hybridized carbons (Fsp3) is 0.182. The number of halogens is 1. The van der Waals surface area contributed by atoms with Gasteiger partial charge in [0, 0.05) is 10.2 Å². The van der Waals surface area contributed by atoms with Gasteiger partial charge in [-0.05, 0) is 60.4 Å². The van der Waals surface area contributed by atoms with Gasteiger partial charge < -0.3 is 5.32 Å². The van der Waals surface area contributed by atoms with Gasteiger partial charge in [-0.15, -0.1) is 0 Å². The lowest BCUT2D eigenvalue weighted by atomic mass is 10.1. The monoisotopic (exact) mass is 456 g/mol. The normalized spacial score (nSPS) is 18.6. The topological polar surface area (TPSA) is 58.2 Å². The number of hydrogen-bond donors (Lipinski definition) is 2. The van der Waals surface area contributed by atoms with E-state index in [0.717, 1.165) is 26.9 Å². The fourth-order valence-corrected chi connectivity index (χ4v) is 5.18.